The number of nitrogens with zero attached hydrogens (tertiary/aromatic N) is 3. The highest BCUT2D eigenvalue weighted by atomic mass is 32.2. The first kappa shape index (κ1) is 26.8. The smallest absolute Gasteiger partial charge is 0.270 e. The number of ether oxygens (including phenoxy) is 2. The third-order valence-corrected chi connectivity index (χ3v) is 11.2. The molecular weight excluding hydrogens is 570 g/mol. The van der Waals surface area contributed by atoms with Gasteiger partial charge in [0.1, 0.15) is 11.5 Å². The van der Waals surface area contributed by atoms with E-state index < -0.39 is 10.0 Å². The Balaban J connectivity index is 1.13. The summed E-state index contributed by atoms with van der Waals surface area (Å²) in [6, 6.07) is 9.98. The van der Waals surface area contributed by atoms with Crippen LogP contribution in [0.1, 0.15) is 53.6 Å². The molecule has 3 heterocycles. The van der Waals surface area contributed by atoms with Gasteiger partial charge in [-0.1, -0.05) is 11.2 Å². The molecular formula is C31H35N5O6S. The van der Waals surface area contributed by atoms with Crippen molar-refractivity contribution >= 4 is 27.4 Å². The van der Waals surface area contributed by atoms with Gasteiger partial charge in [-0.05, 0) is 74.9 Å². The molecule has 226 valence electrons. The van der Waals surface area contributed by atoms with Crippen LogP contribution in [0.25, 0.3) is 11.3 Å². The number of methoxy groups -OCH3 is 2. The molecule has 1 aromatic heterocycles. The van der Waals surface area contributed by atoms with Crippen LogP contribution in [0, 0.1) is 0 Å². The van der Waals surface area contributed by atoms with E-state index in [2.05, 4.69) is 38.3 Å². The van der Waals surface area contributed by atoms with Crippen molar-refractivity contribution in [2.75, 3.05) is 50.0 Å². The highest BCUT2D eigenvalue weighted by Crippen LogP contribution is 2.59. The van der Waals surface area contributed by atoms with E-state index in [-0.39, 0.29) is 39.6 Å². The predicted octanol–water partition coefficient (Wildman–Crippen LogP) is 3.53. The van der Waals surface area contributed by atoms with Crippen molar-refractivity contribution < 1.29 is 27.2 Å². The summed E-state index contributed by atoms with van der Waals surface area (Å²) in [7, 11) is -1.48. The van der Waals surface area contributed by atoms with Gasteiger partial charge >= 0.3 is 0 Å². The van der Waals surface area contributed by atoms with Crippen LogP contribution in [-0.4, -0.2) is 76.9 Å². The number of fused-ring (bicyclic) bond motifs is 5. The molecule has 2 N–H and O–H groups in total. The molecule has 1 amide bonds. The number of nitrogens with one attached hydrogen (secondary N) is 2. The van der Waals surface area contributed by atoms with Gasteiger partial charge < -0.3 is 29.1 Å². The average molecular weight is 606 g/mol. The molecule has 3 aromatic rings. The largest absolute Gasteiger partial charge is 0.495 e. The van der Waals surface area contributed by atoms with E-state index >= 15 is 0 Å². The summed E-state index contributed by atoms with van der Waals surface area (Å²) in [6.45, 7) is 3.57. The van der Waals surface area contributed by atoms with E-state index in [4.69, 9.17) is 14.0 Å². The van der Waals surface area contributed by atoms with E-state index in [1.54, 1.807) is 0 Å². The average Bonchev–Trinajstić information content (AvgIpc) is 3.88. The Labute approximate surface area is 250 Å². The summed E-state index contributed by atoms with van der Waals surface area (Å²) >= 11 is 0. The van der Waals surface area contributed by atoms with Gasteiger partial charge in [-0.3, -0.25) is 9.52 Å². The predicted molar refractivity (Wildman–Crippen MR) is 160 cm³/mol. The third-order valence-electron chi connectivity index (χ3n) is 9.80. The molecule has 3 aliphatic carbocycles. The maximum absolute atomic E-state index is 14.0. The molecule has 2 saturated carbocycles. The van der Waals surface area contributed by atoms with Crippen LogP contribution in [0.2, 0.25) is 0 Å². The zero-order valence-electron chi connectivity index (χ0n) is 24.3. The summed E-state index contributed by atoms with van der Waals surface area (Å²) in [4.78, 5) is 17.6. The quantitative estimate of drug-likeness (QED) is 0.416. The maximum atomic E-state index is 14.0. The normalized spacial score (nSPS) is 22.9. The molecule has 43 heavy (non-hydrogen) atoms. The van der Waals surface area contributed by atoms with Gasteiger partial charge in [0.05, 0.1) is 14.2 Å². The number of carbonyl (C=O) groups excluding carboxylic acids is 1. The molecule has 4 fully saturated rings. The molecule has 0 radical (unpaired) electrons. The van der Waals surface area contributed by atoms with Crippen LogP contribution in [0.5, 0.6) is 11.5 Å². The molecule has 2 saturated heterocycles. The number of amides is 1. The minimum absolute atomic E-state index is 0.0241. The summed E-state index contributed by atoms with van der Waals surface area (Å²) in [5, 5.41) is 7.67. The number of hydrogen-bond donors (Lipinski definition) is 2. The van der Waals surface area contributed by atoms with Crippen LogP contribution in [-0.2, 0) is 21.9 Å². The van der Waals surface area contributed by atoms with E-state index in [1.165, 1.54) is 38.3 Å². The number of rotatable bonds is 7. The minimum Gasteiger partial charge on any atom is -0.495 e. The Morgan fingerprint density at radius 3 is 2.53 bits per heavy atom. The minimum atomic E-state index is -4.25. The van der Waals surface area contributed by atoms with Crippen molar-refractivity contribution in [3.8, 4) is 22.8 Å². The first-order valence-electron chi connectivity index (χ1n) is 15.0. The van der Waals surface area contributed by atoms with Crippen LogP contribution in [0.15, 0.2) is 39.8 Å². The lowest BCUT2D eigenvalue weighted by molar-refractivity contribution is 0.0744. The number of benzene rings is 2. The van der Waals surface area contributed by atoms with Crippen molar-refractivity contribution in [2.45, 2.75) is 60.9 Å². The molecule has 12 heteroatoms. The number of hydrogen-bond acceptors (Lipinski definition) is 9. The van der Waals surface area contributed by atoms with Gasteiger partial charge in [0.2, 0.25) is 0 Å². The van der Waals surface area contributed by atoms with E-state index in [0.29, 0.717) is 30.3 Å². The van der Waals surface area contributed by atoms with Crippen molar-refractivity contribution in [2.24, 2.45) is 0 Å². The summed E-state index contributed by atoms with van der Waals surface area (Å²) < 4.78 is 47.6. The molecule has 5 aliphatic rings. The lowest BCUT2D eigenvalue weighted by Crippen LogP contribution is -2.37. The fraction of sp³-hybridized carbons (Fsp3) is 0.484. The number of carbonyl (C=O) groups is 1. The number of aromatic nitrogens is 1. The number of sulfonamides is 1. The monoisotopic (exact) mass is 605 g/mol. The topological polar surface area (TPSA) is 126 Å². The Bertz CT molecular complexity index is 1720. The van der Waals surface area contributed by atoms with Gasteiger partial charge in [-0.25, -0.2) is 8.42 Å². The Hall–Kier alpha value is -3.77. The van der Waals surface area contributed by atoms with Crippen molar-refractivity contribution in [1.82, 2.24) is 15.4 Å². The van der Waals surface area contributed by atoms with Crippen molar-refractivity contribution in [1.29, 1.82) is 0 Å². The third kappa shape index (κ3) is 4.28. The lowest BCUT2D eigenvalue weighted by atomic mass is 9.79. The second kappa shape index (κ2) is 9.62. The lowest BCUT2D eigenvalue weighted by Gasteiger charge is -2.34. The zero-order chi connectivity index (χ0) is 29.5. The van der Waals surface area contributed by atoms with Crippen molar-refractivity contribution in [3.05, 3.63) is 47.0 Å². The van der Waals surface area contributed by atoms with Gasteiger partial charge in [0.25, 0.3) is 15.9 Å². The summed E-state index contributed by atoms with van der Waals surface area (Å²) in [5.74, 6) is 0.661. The van der Waals surface area contributed by atoms with Gasteiger partial charge in [-0.2, -0.15) is 0 Å². The standard InChI is InChI=1S/C31H35N5O6S/c1-40-25-13-18(30(37)36-12-3-9-32-23-16-24(23)36)14-26(41-2)28(25)43(38,39)34-29-21-17-31(7-8-31)22-6-5-19(35-10-4-11-35)15-20(22)27(21)42-33-29/h5-6,13-15,23-24,32H,3-4,7-12,16-17H2,1-2H3,(H,33,34). The summed E-state index contributed by atoms with van der Waals surface area (Å²) in [6.07, 6.45) is 5.67. The number of anilines is 2. The summed E-state index contributed by atoms with van der Waals surface area (Å²) in [5.41, 5.74) is 4.43. The SMILES string of the molecule is COc1cc(C(=O)N2CCCNC3CC32)cc(OC)c1S(=O)(=O)Nc1noc2c1CC1(CC1)c1ccc(N3CCC3)cc1-2. The second-order valence-corrected chi connectivity index (χ2v) is 14.0. The van der Waals surface area contributed by atoms with Crippen molar-refractivity contribution in [3.63, 3.8) is 0 Å². The Morgan fingerprint density at radius 1 is 1.09 bits per heavy atom. The zero-order valence-corrected chi connectivity index (χ0v) is 25.1. The fourth-order valence-corrected chi connectivity index (χ4v) is 8.39. The molecule has 0 bridgehead atoms. The second-order valence-electron chi connectivity index (χ2n) is 12.4. The highest BCUT2D eigenvalue weighted by molar-refractivity contribution is 7.93. The Morgan fingerprint density at radius 2 is 1.86 bits per heavy atom. The highest BCUT2D eigenvalue weighted by Gasteiger charge is 2.51. The van der Waals surface area contributed by atoms with Crippen LogP contribution in [0.4, 0.5) is 11.5 Å². The van der Waals surface area contributed by atoms with E-state index in [1.807, 2.05) is 4.90 Å². The van der Waals surface area contributed by atoms with Crippen LogP contribution >= 0.6 is 0 Å². The van der Waals surface area contributed by atoms with E-state index in [9.17, 15) is 13.2 Å². The van der Waals surface area contributed by atoms with E-state index in [0.717, 1.165) is 62.1 Å². The molecule has 2 aromatic carbocycles. The molecule has 2 unspecified atom stereocenters. The molecule has 2 aliphatic heterocycles. The molecule has 1 spiro atoms. The maximum Gasteiger partial charge on any atom is 0.270 e. The molecule has 2 atom stereocenters. The first-order valence-corrected chi connectivity index (χ1v) is 16.5. The first-order chi connectivity index (χ1) is 20.8. The van der Waals surface area contributed by atoms with Crippen LogP contribution in [0.3, 0.4) is 0 Å². The molecule has 11 nitrogen and oxygen atoms in total. The van der Waals surface area contributed by atoms with Gasteiger partial charge in [0, 0.05) is 59.5 Å². The van der Waals surface area contributed by atoms with Crippen LogP contribution < -0.4 is 24.4 Å². The van der Waals surface area contributed by atoms with Gasteiger partial charge in [0.15, 0.2) is 16.5 Å². The Kier molecular flexibility index (Phi) is 6.00. The van der Waals surface area contributed by atoms with Gasteiger partial charge in [-0.15, -0.1) is 0 Å². The molecule has 8 rings (SSSR count). The fourth-order valence-electron chi connectivity index (χ4n) is 7.06.